The second-order valence-corrected chi connectivity index (χ2v) is 9.60. The Morgan fingerprint density at radius 2 is 1.43 bits per heavy atom. The Morgan fingerprint density at radius 3 is 2.30 bits per heavy atom. The van der Waals surface area contributed by atoms with Gasteiger partial charge in [0.1, 0.15) is 0 Å². The van der Waals surface area contributed by atoms with Gasteiger partial charge in [0.05, 0.1) is 6.04 Å². The number of hydrogen-bond acceptors (Lipinski definition) is 4. The molecule has 4 aromatic rings. The van der Waals surface area contributed by atoms with Crippen molar-refractivity contribution in [2.24, 2.45) is 0 Å². The molecule has 7 rings (SSSR count). The van der Waals surface area contributed by atoms with E-state index in [1.165, 1.54) is 11.3 Å². The predicted molar refractivity (Wildman–Crippen MR) is 150 cm³/mol. The van der Waals surface area contributed by atoms with Crippen LogP contribution < -0.4 is 4.90 Å². The first-order valence-electron chi connectivity index (χ1n) is 12.9. The lowest BCUT2D eigenvalue weighted by molar-refractivity contribution is 0.745. The molecule has 2 aliphatic carbocycles. The van der Waals surface area contributed by atoms with Gasteiger partial charge >= 0.3 is 0 Å². The van der Waals surface area contributed by atoms with E-state index in [1.807, 2.05) is 18.2 Å². The molecular weight excluding hydrogens is 452 g/mol. The monoisotopic (exact) mass is 478 g/mol. The minimum Gasteiger partial charge on any atom is -0.333 e. The Labute approximate surface area is 217 Å². The van der Waals surface area contributed by atoms with Crippen LogP contribution in [0.3, 0.4) is 0 Å². The van der Waals surface area contributed by atoms with E-state index >= 15 is 0 Å². The SMILES string of the molecule is C1=CCCC(c2nc(-c3ccccc3)nc(-c3cccc(N4c5ccccc5C5C=CC=CC54)c3)n2)=C1. The van der Waals surface area contributed by atoms with Gasteiger partial charge in [0.15, 0.2) is 17.5 Å². The Morgan fingerprint density at radius 1 is 0.676 bits per heavy atom. The number of fused-ring (bicyclic) bond motifs is 3. The minimum atomic E-state index is 0.255. The van der Waals surface area contributed by atoms with Crippen molar-refractivity contribution in [3.63, 3.8) is 0 Å². The number of aromatic nitrogens is 3. The molecule has 2 unspecified atom stereocenters. The Hall–Kier alpha value is -4.57. The van der Waals surface area contributed by atoms with Crippen molar-refractivity contribution in [2.45, 2.75) is 24.8 Å². The number of nitrogens with zero attached hydrogens (tertiary/aromatic N) is 4. The van der Waals surface area contributed by atoms with Crippen molar-refractivity contribution in [3.8, 4) is 22.8 Å². The van der Waals surface area contributed by atoms with Crippen LogP contribution in [-0.2, 0) is 0 Å². The van der Waals surface area contributed by atoms with Crippen molar-refractivity contribution in [2.75, 3.05) is 4.90 Å². The highest BCUT2D eigenvalue weighted by Crippen LogP contribution is 2.47. The average molecular weight is 479 g/mol. The third-order valence-electron chi connectivity index (χ3n) is 7.31. The second kappa shape index (κ2) is 9.14. The average Bonchev–Trinajstić information content (AvgIpc) is 3.32. The number of allylic oxidation sites excluding steroid dienone is 6. The van der Waals surface area contributed by atoms with E-state index in [4.69, 9.17) is 15.0 Å². The van der Waals surface area contributed by atoms with E-state index in [-0.39, 0.29) is 6.04 Å². The van der Waals surface area contributed by atoms with Gasteiger partial charge in [0.2, 0.25) is 0 Å². The van der Waals surface area contributed by atoms with Crippen LogP contribution in [-0.4, -0.2) is 21.0 Å². The van der Waals surface area contributed by atoms with E-state index in [2.05, 4.69) is 108 Å². The first kappa shape index (κ1) is 21.7. The molecule has 4 heteroatoms. The lowest BCUT2D eigenvalue weighted by Crippen LogP contribution is -2.28. The van der Waals surface area contributed by atoms with E-state index in [0.717, 1.165) is 41.1 Å². The van der Waals surface area contributed by atoms with E-state index in [0.29, 0.717) is 17.6 Å². The molecule has 2 heterocycles. The summed E-state index contributed by atoms with van der Waals surface area (Å²) in [6, 6.07) is 27.8. The molecule has 0 amide bonds. The summed E-state index contributed by atoms with van der Waals surface area (Å²) in [5, 5.41) is 0. The van der Waals surface area contributed by atoms with Crippen molar-refractivity contribution >= 4 is 16.9 Å². The second-order valence-electron chi connectivity index (χ2n) is 9.60. The van der Waals surface area contributed by atoms with Crippen LogP contribution in [0.1, 0.15) is 30.1 Å². The highest BCUT2D eigenvalue weighted by molar-refractivity contribution is 5.78. The lowest BCUT2D eigenvalue weighted by Gasteiger charge is -2.29. The minimum absolute atomic E-state index is 0.255. The summed E-state index contributed by atoms with van der Waals surface area (Å²) in [6.07, 6.45) is 17.3. The molecule has 0 radical (unpaired) electrons. The number of anilines is 2. The van der Waals surface area contributed by atoms with Gasteiger partial charge in [-0.05, 0) is 42.2 Å². The fraction of sp³-hybridized carbons (Fsp3) is 0.121. The zero-order valence-electron chi connectivity index (χ0n) is 20.4. The van der Waals surface area contributed by atoms with Gasteiger partial charge in [-0.15, -0.1) is 0 Å². The molecule has 0 saturated carbocycles. The van der Waals surface area contributed by atoms with Gasteiger partial charge in [-0.1, -0.05) is 103 Å². The van der Waals surface area contributed by atoms with Gasteiger partial charge in [-0.2, -0.15) is 0 Å². The summed E-state index contributed by atoms with van der Waals surface area (Å²) in [7, 11) is 0. The molecule has 0 N–H and O–H groups in total. The van der Waals surface area contributed by atoms with Crippen molar-refractivity contribution in [1.82, 2.24) is 15.0 Å². The molecule has 0 spiro atoms. The van der Waals surface area contributed by atoms with E-state index in [1.54, 1.807) is 0 Å². The first-order valence-corrected chi connectivity index (χ1v) is 12.9. The van der Waals surface area contributed by atoms with Crippen LogP contribution in [0.5, 0.6) is 0 Å². The quantitative estimate of drug-likeness (QED) is 0.302. The normalized spacial score (nSPS) is 19.5. The highest BCUT2D eigenvalue weighted by atomic mass is 15.2. The molecule has 1 aromatic heterocycles. The van der Waals surface area contributed by atoms with Crippen LogP contribution in [0.4, 0.5) is 11.4 Å². The number of benzene rings is 3. The van der Waals surface area contributed by atoms with Crippen LogP contribution in [0.15, 0.2) is 121 Å². The van der Waals surface area contributed by atoms with Gasteiger partial charge in [0.25, 0.3) is 0 Å². The largest absolute Gasteiger partial charge is 0.333 e. The molecule has 4 nitrogen and oxygen atoms in total. The zero-order chi connectivity index (χ0) is 24.6. The number of hydrogen-bond donors (Lipinski definition) is 0. The Bertz CT molecular complexity index is 1600. The maximum absolute atomic E-state index is 4.98. The van der Waals surface area contributed by atoms with Gasteiger partial charge in [0, 0.05) is 28.4 Å². The highest BCUT2D eigenvalue weighted by Gasteiger charge is 2.37. The molecule has 2 atom stereocenters. The van der Waals surface area contributed by atoms with Gasteiger partial charge in [-0.25, -0.2) is 15.0 Å². The smallest absolute Gasteiger partial charge is 0.164 e. The summed E-state index contributed by atoms with van der Waals surface area (Å²) < 4.78 is 0. The molecule has 1 aliphatic heterocycles. The third kappa shape index (κ3) is 3.91. The lowest BCUT2D eigenvalue weighted by atomic mass is 9.91. The summed E-state index contributed by atoms with van der Waals surface area (Å²) in [5.41, 5.74) is 6.89. The summed E-state index contributed by atoms with van der Waals surface area (Å²) in [4.78, 5) is 17.3. The molecule has 0 saturated heterocycles. The summed E-state index contributed by atoms with van der Waals surface area (Å²) in [6.45, 7) is 0. The standard InChI is InChI=1S/C33H26N4/c1-3-12-23(13-4-1)31-34-32(24-14-5-2-6-15-24)36-33(35-31)25-16-11-17-26(22-25)37-29-20-9-7-18-27(29)28-19-8-10-21-30(28)37/h1-5,7-14,16-22,27,29H,6,15H2. The Balaban J connectivity index is 1.35. The fourth-order valence-corrected chi connectivity index (χ4v) is 5.54. The van der Waals surface area contributed by atoms with Crippen molar-refractivity contribution in [1.29, 1.82) is 0 Å². The molecule has 3 aliphatic rings. The Kier molecular flexibility index (Phi) is 5.36. The molecule has 3 aromatic carbocycles. The molecule has 37 heavy (non-hydrogen) atoms. The van der Waals surface area contributed by atoms with Crippen LogP contribution in [0.2, 0.25) is 0 Å². The first-order chi connectivity index (χ1) is 18.3. The van der Waals surface area contributed by atoms with Gasteiger partial charge in [-0.3, -0.25) is 0 Å². The number of rotatable bonds is 4. The predicted octanol–water partition coefficient (Wildman–Crippen LogP) is 7.67. The summed E-state index contributed by atoms with van der Waals surface area (Å²) >= 11 is 0. The van der Waals surface area contributed by atoms with Crippen LogP contribution >= 0.6 is 0 Å². The van der Waals surface area contributed by atoms with Crippen LogP contribution in [0, 0.1) is 0 Å². The van der Waals surface area contributed by atoms with E-state index in [9.17, 15) is 0 Å². The number of para-hydroxylation sites is 1. The molecular formula is C33H26N4. The zero-order valence-corrected chi connectivity index (χ0v) is 20.4. The summed E-state index contributed by atoms with van der Waals surface area (Å²) in [5.74, 6) is 2.51. The maximum atomic E-state index is 4.98. The molecule has 0 fully saturated rings. The van der Waals surface area contributed by atoms with Crippen molar-refractivity contribution < 1.29 is 0 Å². The molecule has 0 bridgehead atoms. The van der Waals surface area contributed by atoms with E-state index < -0.39 is 0 Å². The van der Waals surface area contributed by atoms with Crippen molar-refractivity contribution in [3.05, 3.63) is 133 Å². The molecule has 178 valence electrons. The fourth-order valence-electron chi connectivity index (χ4n) is 5.54. The van der Waals surface area contributed by atoms with Gasteiger partial charge < -0.3 is 4.90 Å². The topological polar surface area (TPSA) is 41.9 Å². The third-order valence-corrected chi connectivity index (χ3v) is 7.31. The van der Waals surface area contributed by atoms with Crippen LogP contribution in [0.25, 0.3) is 28.3 Å². The maximum Gasteiger partial charge on any atom is 0.164 e.